The van der Waals surface area contributed by atoms with Crippen molar-refractivity contribution in [1.82, 2.24) is 10.2 Å². The molecule has 0 bridgehead atoms. The van der Waals surface area contributed by atoms with Gasteiger partial charge in [0, 0.05) is 22.1 Å². The SMILES string of the molecule is CC(c1cc(Cl)ccc1Cl)N(C)C1CCCNCC1. The number of halogens is 2. The first kappa shape index (κ1) is 15.1. The third-order valence-electron chi connectivity index (χ3n) is 4.14. The van der Waals surface area contributed by atoms with Crippen LogP contribution in [0.3, 0.4) is 0 Å². The van der Waals surface area contributed by atoms with Gasteiger partial charge in [-0.1, -0.05) is 23.2 Å². The van der Waals surface area contributed by atoms with Crippen LogP contribution in [0.15, 0.2) is 18.2 Å². The van der Waals surface area contributed by atoms with Crippen molar-refractivity contribution in [1.29, 1.82) is 0 Å². The summed E-state index contributed by atoms with van der Waals surface area (Å²) < 4.78 is 0. The second-order valence-electron chi connectivity index (χ2n) is 5.34. The number of hydrogen-bond donors (Lipinski definition) is 1. The molecule has 1 aromatic carbocycles. The zero-order chi connectivity index (χ0) is 13.8. The molecule has 0 spiro atoms. The minimum absolute atomic E-state index is 0.286. The van der Waals surface area contributed by atoms with Gasteiger partial charge in [-0.15, -0.1) is 0 Å². The van der Waals surface area contributed by atoms with Crippen LogP contribution in [0.2, 0.25) is 10.0 Å². The highest BCUT2D eigenvalue weighted by atomic mass is 35.5. The minimum atomic E-state index is 0.286. The summed E-state index contributed by atoms with van der Waals surface area (Å²) in [7, 11) is 2.19. The maximum atomic E-state index is 6.31. The van der Waals surface area contributed by atoms with Crippen LogP contribution in [-0.4, -0.2) is 31.1 Å². The highest BCUT2D eigenvalue weighted by Gasteiger charge is 2.23. The van der Waals surface area contributed by atoms with E-state index in [-0.39, 0.29) is 6.04 Å². The fraction of sp³-hybridized carbons (Fsp3) is 0.600. The topological polar surface area (TPSA) is 15.3 Å². The molecule has 0 aliphatic carbocycles. The molecule has 2 nitrogen and oxygen atoms in total. The molecule has 1 aromatic rings. The van der Waals surface area contributed by atoms with Crippen molar-refractivity contribution in [2.24, 2.45) is 0 Å². The summed E-state index contributed by atoms with van der Waals surface area (Å²) in [5.74, 6) is 0. The van der Waals surface area contributed by atoms with E-state index in [1.165, 1.54) is 19.3 Å². The van der Waals surface area contributed by atoms with E-state index in [1.807, 2.05) is 18.2 Å². The van der Waals surface area contributed by atoms with E-state index in [0.717, 1.165) is 28.7 Å². The van der Waals surface area contributed by atoms with E-state index in [1.54, 1.807) is 0 Å². The molecule has 0 aromatic heterocycles. The first-order valence-corrected chi connectivity index (χ1v) is 7.73. The Balaban J connectivity index is 2.12. The van der Waals surface area contributed by atoms with Gasteiger partial charge in [-0.25, -0.2) is 0 Å². The van der Waals surface area contributed by atoms with Crippen molar-refractivity contribution in [2.75, 3.05) is 20.1 Å². The van der Waals surface area contributed by atoms with Crippen LogP contribution >= 0.6 is 23.2 Å². The van der Waals surface area contributed by atoms with Gasteiger partial charge in [0.15, 0.2) is 0 Å². The number of nitrogens with one attached hydrogen (secondary N) is 1. The summed E-state index contributed by atoms with van der Waals surface area (Å²) in [6, 6.07) is 6.61. The van der Waals surface area contributed by atoms with Crippen LogP contribution in [0.5, 0.6) is 0 Å². The first-order chi connectivity index (χ1) is 9.09. The van der Waals surface area contributed by atoms with Gasteiger partial charge in [-0.05, 0) is 70.1 Å². The highest BCUT2D eigenvalue weighted by molar-refractivity contribution is 6.33. The Labute approximate surface area is 126 Å². The molecule has 2 unspecified atom stereocenters. The molecule has 1 saturated heterocycles. The summed E-state index contributed by atoms with van der Waals surface area (Å²) in [5, 5.41) is 5.01. The Kier molecular flexibility index (Phi) is 5.52. The predicted molar refractivity (Wildman–Crippen MR) is 83.1 cm³/mol. The van der Waals surface area contributed by atoms with E-state index < -0.39 is 0 Å². The van der Waals surface area contributed by atoms with E-state index in [4.69, 9.17) is 23.2 Å². The van der Waals surface area contributed by atoms with Crippen molar-refractivity contribution in [3.63, 3.8) is 0 Å². The zero-order valence-corrected chi connectivity index (χ0v) is 13.1. The van der Waals surface area contributed by atoms with Crippen LogP contribution in [-0.2, 0) is 0 Å². The molecular weight excluding hydrogens is 279 g/mol. The maximum Gasteiger partial charge on any atom is 0.0454 e. The Morgan fingerprint density at radius 3 is 2.84 bits per heavy atom. The van der Waals surface area contributed by atoms with Gasteiger partial charge < -0.3 is 5.32 Å². The number of nitrogens with zero attached hydrogens (tertiary/aromatic N) is 1. The van der Waals surface area contributed by atoms with Crippen LogP contribution in [0.4, 0.5) is 0 Å². The fourth-order valence-electron chi connectivity index (χ4n) is 2.78. The predicted octanol–water partition coefficient (Wildman–Crippen LogP) is 4.13. The first-order valence-electron chi connectivity index (χ1n) is 6.97. The number of rotatable bonds is 3. The molecule has 2 rings (SSSR count). The number of hydrogen-bond acceptors (Lipinski definition) is 2. The maximum absolute atomic E-state index is 6.31. The lowest BCUT2D eigenvalue weighted by Crippen LogP contribution is -2.34. The lowest BCUT2D eigenvalue weighted by Gasteiger charge is -2.33. The monoisotopic (exact) mass is 300 g/mol. The molecule has 1 aliphatic rings. The average Bonchev–Trinajstić information content (AvgIpc) is 2.69. The summed E-state index contributed by atoms with van der Waals surface area (Å²) in [4.78, 5) is 2.44. The lowest BCUT2D eigenvalue weighted by atomic mass is 10.0. The van der Waals surface area contributed by atoms with Gasteiger partial charge in [0.1, 0.15) is 0 Å². The number of benzene rings is 1. The molecule has 0 saturated carbocycles. The molecule has 1 N–H and O–H groups in total. The lowest BCUT2D eigenvalue weighted by molar-refractivity contribution is 0.171. The van der Waals surface area contributed by atoms with Gasteiger partial charge >= 0.3 is 0 Å². The standard InChI is InChI=1S/C15H22Cl2N2/c1-11(14-10-12(16)5-6-15(14)17)19(2)13-4-3-8-18-9-7-13/h5-6,10-11,13,18H,3-4,7-9H2,1-2H3. The minimum Gasteiger partial charge on any atom is -0.317 e. The van der Waals surface area contributed by atoms with Crippen LogP contribution in [0.25, 0.3) is 0 Å². The largest absolute Gasteiger partial charge is 0.317 e. The Morgan fingerprint density at radius 1 is 1.26 bits per heavy atom. The third-order valence-corrected chi connectivity index (χ3v) is 4.72. The molecule has 2 atom stereocenters. The van der Waals surface area contributed by atoms with Crippen LogP contribution in [0, 0.1) is 0 Å². The van der Waals surface area contributed by atoms with Gasteiger partial charge in [-0.3, -0.25) is 4.90 Å². The average molecular weight is 301 g/mol. The van der Waals surface area contributed by atoms with Gasteiger partial charge in [0.05, 0.1) is 0 Å². The van der Waals surface area contributed by atoms with Crippen molar-refractivity contribution >= 4 is 23.2 Å². The van der Waals surface area contributed by atoms with Crippen molar-refractivity contribution in [2.45, 2.75) is 38.3 Å². The summed E-state index contributed by atoms with van der Waals surface area (Å²) in [6.45, 7) is 4.44. The molecular formula is C15H22Cl2N2. The normalized spacial score (nSPS) is 22.3. The van der Waals surface area contributed by atoms with E-state index in [9.17, 15) is 0 Å². The highest BCUT2D eigenvalue weighted by Crippen LogP contribution is 2.31. The second kappa shape index (κ2) is 6.94. The molecule has 1 fully saturated rings. The Hall–Kier alpha value is -0.280. The molecule has 4 heteroatoms. The van der Waals surface area contributed by atoms with Crippen molar-refractivity contribution in [3.8, 4) is 0 Å². The van der Waals surface area contributed by atoms with Gasteiger partial charge in [-0.2, -0.15) is 0 Å². The van der Waals surface area contributed by atoms with Crippen LogP contribution in [0.1, 0.15) is 37.8 Å². The molecule has 1 heterocycles. The Bertz CT molecular complexity index is 415. The molecule has 0 radical (unpaired) electrons. The van der Waals surface area contributed by atoms with Crippen molar-refractivity contribution in [3.05, 3.63) is 33.8 Å². The smallest absolute Gasteiger partial charge is 0.0454 e. The van der Waals surface area contributed by atoms with E-state index in [2.05, 4.69) is 24.2 Å². The molecule has 106 valence electrons. The fourth-order valence-corrected chi connectivity index (χ4v) is 3.23. The molecule has 1 aliphatic heterocycles. The Morgan fingerprint density at radius 2 is 2.05 bits per heavy atom. The van der Waals surface area contributed by atoms with Gasteiger partial charge in [0.25, 0.3) is 0 Å². The summed E-state index contributed by atoms with van der Waals surface area (Å²) >= 11 is 12.4. The summed E-state index contributed by atoms with van der Waals surface area (Å²) in [6.07, 6.45) is 3.68. The van der Waals surface area contributed by atoms with Gasteiger partial charge in [0.2, 0.25) is 0 Å². The van der Waals surface area contributed by atoms with E-state index >= 15 is 0 Å². The van der Waals surface area contributed by atoms with Crippen molar-refractivity contribution < 1.29 is 0 Å². The third kappa shape index (κ3) is 3.85. The second-order valence-corrected chi connectivity index (χ2v) is 6.19. The zero-order valence-electron chi connectivity index (χ0n) is 11.6. The quantitative estimate of drug-likeness (QED) is 0.903. The summed E-state index contributed by atoms with van der Waals surface area (Å²) in [5.41, 5.74) is 1.12. The molecule has 0 amide bonds. The molecule has 19 heavy (non-hydrogen) atoms. The van der Waals surface area contributed by atoms with Crippen LogP contribution < -0.4 is 5.32 Å². The van der Waals surface area contributed by atoms with E-state index in [0.29, 0.717) is 6.04 Å².